The van der Waals surface area contributed by atoms with Crippen LogP contribution in [0.5, 0.6) is 5.75 Å². The summed E-state index contributed by atoms with van der Waals surface area (Å²) in [5.41, 5.74) is 7.45. The van der Waals surface area contributed by atoms with Gasteiger partial charge in [-0.25, -0.2) is 0 Å². The Bertz CT molecular complexity index is 436. The molecule has 2 N–H and O–H groups in total. The summed E-state index contributed by atoms with van der Waals surface area (Å²) < 4.78 is 11.1. The van der Waals surface area contributed by atoms with E-state index in [9.17, 15) is 0 Å². The normalized spacial score (nSPS) is 13.3. The second-order valence-electron chi connectivity index (χ2n) is 8.05. The molecule has 1 atom stereocenters. The van der Waals surface area contributed by atoms with Gasteiger partial charge in [-0.15, -0.1) is 12.4 Å². The molecule has 0 fully saturated rings. The largest absolute Gasteiger partial charge is 0.491 e. The lowest BCUT2D eigenvalue weighted by molar-refractivity contribution is 0.0930. The molecule has 0 saturated heterocycles. The van der Waals surface area contributed by atoms with Crippen LogP contribution in [-0.4, -0.2) is 25.9 Å². The van der Waals surface area contributed by atoms with Gasteiger partial charge in [-0.1, -0.05) is 46.8 Å². The van der Waals surface area contributed by atoms with Crippen LogP contribution in [0.2, 0.25) is 0 Å². The minimum atomic E-state index is 0. The van der Waals surface area contributed by atoms with Gasteiger partial charge in [0.25, 0.3) is 0 Å². The molecule has 0 saturated carbocycles. The van der Waals surface area contributed by atoms with E-state index in [0.29, 0.717) is 25.2 Å². The highest BCUT2D eigenvalue weighted by Gasteiger charge is 2.27. The smallest absolute Gasteiger partial charge is 0.119 e. The Hall–Kier alpha value is -0.770. The number of benzene rings is 1. The third kappa shape index (κ3) is 9.19. The first-order valence-corrected chi connectivity index (χ1v) is 8.17. The molecule has 1 unspecified atom stereocenters. The van der Waals surface area contributed by atoms with E-state index in [2.05, 4.69) is 46.8 Å². The summed E-state index contributed by atoms with van der Waals surface area (Å²) in [6, 6.07) is 8.51. The molecule has 3 nitrogen and oxygen atoms in total. The van der Waals surface area contributed by atoms with E-state index < -0.39 is 0 Å². The van der Waals surface area contributed by atoms with E-state index in [-0.39, 0.29) is 23.9 Å². The molecule has 0 spiro atoms. The summed E-state index contributed by atoms with van der Waals surface area (Å²) in [5, 5.41) is 0. The van der Waals surface area contributed by atoms with E-state index in [1.165, 1.54) is 5.56 Å². The zero-order chi connectivity index (χ0) is 16.8. The second-order valence-corrected chi connectivity index (χ2v) is 8.05. The molecule has 0 bridgehead atoms. The Balaban J connectivity index is 0.00000484. The van der Waals surface area contributed by atoms with Gasteiger partial charge >= 0.3 is 0 Å². The van der Waals surface area contributed by atoms with Gasteiger partial charge in [0.2, 0.25) is 0 Å². The first-order chi connectivity index (χ1) is 10.1. The first kappa shape index (κ1) is 22.2. The fourth-order valence-corrected chi connectivity index (χ4v) is 2.92. The molecule has 1 rings (SSSR count). The molecule has 1 aromatic carbocycles. The molecule has 0 aliphatic rings. The van der Waals surface area contributed by atoms with Crippen molar-refractivity contribution in [1.82, 2.24) is 0 Å². The van der Waals surface area contributed by atoms with Crippen molar-refractivity contribution in [3.05, 3.63) is 29.8 Å². The van der Waals surface area contributed by atoms with Crippen molar-refractivity contribution in [2.24, 2.45) is 11.1 Å². The molecule has 0 aliphatic carbocycles. The van der Waals surface area contributed by atoms with E-state index in [0.717, 1.165) is 12.2 Å². The summed E-state index contributed by atoms with van der Waals surface area (Å²) in [6.07, 6.45) is 1.14. The number of nitrogens with two attached hydrogens (primary N) is 1. The number of rotatable bonds is 8. The minimum absolute atomic E-state index is 0. The maximum absolute atomic E-state index is 5.69. The maximum Gasteiger partial charge on any atom is 0.119 e. The van der Waals surface area contributed by atoms with Gasteiger partial charge in [-0.2, -0.15) is 0 Å². The number of ether oxygens (including phenoxy) is 2. The summed E-state index contributed by atoms with van der Waals surface area (Å²) in [7, 11) is 0. The van der Waals surface area contributed by atoms with Crippen LogP contribution in [0.4, 0.5) is 0 Å². The SMILES string of the molecule is CC(N)COCCOc1ccc(C(C)(C)CC(C)(C)C)cc1.Cl. The Morgan fingerprint density at radius 3 is 2.04 bits per heavy atom. The first-order valence-electron chi connectivity index (χ1n) is 8.17. The van der Waals surface area contributed by atoms with Crippen molar-refractivity contribution in [3.8, 4) is 5.75 Å². The molecule has 4 heteroatoms. The lowest BCUT2D eigenvalue weighted by atomic mass is 9.72. The monoisotopic (exact) mass is 343 g/mol. The van der Waals surface area contributed by atoms with Crippen LogP contribution in [-0.2, 0) is 10.2 Å². The second kappa shape index (κ2) is 9.51. The third-order valence-corrected chi connectivity index (χ3v) is 3.49. The molecule has 23 heavy (non-hydrogen) atoms. The van der Waals surface area contributed by atoms with Crippen LogP contribution >= 0.6 is 12.4 Å². The summed E-state index contributed by atoms with van der Waals surface area (Å²) >= 11 is 0. The van der Waals surface area contributed by atoms with Gasteiger partial charge in [0.15, 0.2) is 0 Å². The highest BCUT2D eigenvalue weighted by Crippen LogP contribution is 2.36. The van der Waals surface area contributed by atoms with Crippen molar-refractivity contribution in [2.75, 3.05) is 19.8 Å². The summed E-state index contributed by atoms with van der Waals surface area (Å²) in [4.78, 5) is 0. The molecule has 0 aliphatic heterocycles. The summed E-state index contributed by atoms with van der Waals surface area (Å²) in [5.74, 6) is 0.889. The fourth-order valence-electron chi connectivity index (χ4n) is 2.92. The zero-order valence-electron chi connectivity index (χ0n) is 15.5. The predicted octanol–water partition coefficient (Wildman–Crippen LogP) is 4.56. The van der Waals surface area contributed by atoms with E-state index >= 15 is 0 Å². The van der Waals surface area contributed by atoms with E-state index in [1.54, 1.807) is 0 Å². The molecular weight excluding hydrogens is 310 g/mol. The van der Waals surface area contributed by atoms with Gasteiger partial charge in [0.05, 0.1) is 13.2 Å². The lowest BCUT2D eigenvalue weighted by Crippen LogP contribution is -2.24. The highest BCUT2D eigenvalue weighted by atomic mass is 35.5. The molecule has 134 valence electrons. The number of hydrogen-bond donors (Lipinski definition) is 1. The van der Waals surface area contributed by atoms with E-state index in [4.69, 9.17) is 15.2 Å². The van der Waals surface area contributed by atoms with Crippen LogP contribution in [0.1, 0.15) is 53.5 Å². The third-order valence-electron chi connectivity index (χ3n) is 3.49. The number of hydrogen-bond acceptors (Lipinski definition) is 3. The van der Waals surface area contributed by atoms with Gasteiger partial charge in [-0.05, 0) is 41.9 Å². The molecule has 0 heterocycles. The lowest BCUT2D eigenvalue weighted by Gasteiger charge is -2.33. The van der Waals surface area contributed by atoms with Crippen molar-refractivity contribution >= 4 is 12.4 Å². The van der Waals surface area contributed by atoms with Crippen molar-refractivity contribution in [2.45, 2.75) is 59.4 Å². The molecule has 0 amide bonds. The van der Waals surface area contributed by atoms with Gasteiger partial charge in [0.1, 0.15) is 12.4 Å². The highest BCUT2D eigenvalue weighted by molar-refractivity contribution is 5.85. The van der Waals surface area contributed by atoms with Crippen LogP contribution in [0.15, 0.2) is 24.3 Å². The Morgan fingerprint density at radius 2 is 1.57 bits per heavy atom. The molecule has 0 radical (unpaired) electrons. The fraction of sp³-hybridized carbons (Fsp3) is 0.684. The predicted molar refractivity (Wildman–Crippen MR) is 101 cm³/mol. The van der Waals surface area contributed by atoms with Crippen LogP contribution in [0.25, 0.3) is 0 Å². The minimum Gasteiger partial charge on any atom is -0.491 e. The van der Waals surface area contributed by atoms with Crippen LogP contribution < -0.4 is 10.5 Å². The average molecular weight is 344 g/mol. The Kier molecular flexibility index (Phi) is 9.19. The van der Waals surface area contributed by atoms with Crippen molar-refractivity contribution in [1.29, 1.82) is 0 Å². The summed E-state index contributed by atoms with van der Waals surface area (Å²) in [6.45, 7) is 15.1. The average Bonchev–Trinajstić information content (AvgIpc) is 2.35. The van der Waals surface area contributed by atoms with Gasteiger partial charge in [-0.3, -0.25) is 0 Å². The Labute approximate surface area is 148 Å². The zero-order valence-corrected chi connectivity index (χ0v) is 16.3. The maximum atomic E-state index is 5.69. The molecule has 0 aromatic heterocycles. The molecular formula is C19H34ClNO2. The molecule has 1 aromatic rings. The topological polar surface area (TPSA) is 44.5 Å². The quantitative estimate of drug-likeness (QED) is 0.703. The van der Waals surface area contributed by atoms with Crippen molar-refractivity contribution in [3.63, 3.8) is 0 Å². The van der Waals surface area contributed by atoms with Crippen molar-refractivity contribution < 1.29 is 9.47 Å². The van der Waals surface area contributed by atoms with Crippen LogP contribution in [0.3, 0.4) is 0 Å². The standard InChI is InChI=1S/C19H33NO2.ClH/c1-15(20)13-21-11-12-22-17-9-7-16(8-10-17)19(5,6)14-18(2,3)4;/h7-10,15H,11-14,20H2,1-6H3;1H. The number of halogens is 1. The van der Waals surface area contributed by atoms with Gasteiger partial charge < -0.3 is 15.2 Å². The van der Waals surface area contributed by atoms with Crippen LogP contribution in [0, 0.1) is 5.41 Å². The Morgan fingerprint density at radius 1 is 1.00 bits per heavy atom. The van der Waals surface area contributed by atoms with Gasteiger partial charge in [0, 0.05) is 6.04 Å². The van der Waals surface area contributed by atoms with E-state index in [1.807, 2.05) is 19.1 Å².